The highest BCUT2D eigenvalue weighted by molar-refractivity contribution is 6.20. The minimum atomic E-state index is -1.07. The van der Waals surface area contributed by atoms with Gasteiger partial charge in [-0.15, -0.1) is 6.58 Å². The van der Waals surface area contributed by atoms with Crippen LogP contribution in [0, 0.1) is 11.8 Å². The van der Waals surface area contributed by atoms with Crippen LogP contribution in [0.15, 0.2) is 72.2 Å². The SMILES string of the molecule is C=CCC[C@H](O)[C@@H](CC1CC1)C(=O)N[C@H]1N=C(c2ccccc2)c2ccccc2N(C)C1=O. The Kier molecular flexibility index (Phi) is 7.04. The molecule has 2 N–H and O–H groups in total. The van der Waals surface area contributed by atoms with Gasteiger partial charge in [0.05, 0.1) is 23.4 Å². The van der Waals surface area contributed by atoms with Crippen molar-refractivity contribution >= 4 is 23.2 Å². The molecule has 1 saturated carbocycles. The Morgan fingerprint density at radius 3 is 2.61 bits per heavy atom. The van der Waals surface area contributed by atoms with Gasteiger partial charge >= 0.3 is 0 Å². The minimum Gasteiger partial charge on any atom is -0.392 e. The van der Waals surface area contributed by atoms with Crippen molar-refractivity contribution in [1.82, 2.24) is 5.32 Å². The lowest BCUT2D eigenvalue weighted by Crippen LogP contribution is -2.49. The lowest BCUT2D eigenvalue weighted by Gasteiger charge is -2.25. The number of aliphatic imine (C=N–C) groups is 1. The summed E-state index contributed by atoms with van der Waals surface area (Å²) in [6.07, 6.45) is 3.77. The molecule has 2 aliphatic rings. The van der Waals surface area contributed by atoms with E-state index in [4.69, 9.17) is 4.99 Å². The second kappa shape index (κ2) is 10.1. The molecule has 0 spiro atoms. The van der Waals surface area contributed by atoms with Crippen LogP contribution in [-0.4, -0.2) is 41.9 Å². The molecule has 2 amide bonds. The van der Waals surface area contributed by atoms with Gasteiger partial charge in [0.15, 0.2) is 0 Å². The van der Waals surface area contributed by atoms with Crippen LogP contribution < -0.4 is 10.2 Å². The number of aliphatic hydroxyl groups is 1. The van der Waals surface area contributed by atoms with Crippen molar-refractivity contribution in [3.05, 3.63) is 78.4 Å². The highest BCUT2D eigenvalue weighted by Crippen LogP contribution is 2.37. The molecule has 6 nitrogen and oxygen atoms in total. The molecule has 2 aromatic carbocycles. The van der Waals surface area contributed by atoms with Crippen LogP contribution in [0.25, 0.3) is 0 Å². The van der Waals surface area contributed by atoms with E-state index in [0.717, 1.165) is 29.7 Å². The molecule has 0 aromatic heterocycles. The lowest BCUT2D eigenvalue weighted by atomic mass is 9.91. The number of amides is 2. The Morgan fingerprint density at radius 2 is 1.91 bits per heavy atom. The van der Waals surface area contributed by atoms with Gasteiger partial charge in [-0.05, 0) is 31.2 Å². The number of hydrogen-bond donors (Lipinski definition) is 2. The molecule has 1 aliphatic heterocycles. The van der Waals surface area contributed by atoms with Crippen LogP contribution in [0.4, 0.5) is 5.69 Å². The molecule has 1 heterocycles. The Hall–Kier alpha value is -3.25. The third-order valence-corrected chi connectivity index (χ3v) is 6.42. The third-order valence-electron chi connectivity index (χ3n) is 6.42. The maximum Gasteiger partial charge on any atom is 0.272 e. The summed E-state index contributed by atoms with van der Waals surface area (Å²) in [6.45, 7) is 3.71. The van der Waals surface area contributed by atoms with Crippen LogP contribution in [0.2, 0.25) is 0 Å². The Morgan fingerprint density at radius 1 is 1.21 bits per heavy atom. The van der Waals surface area contributed by atoms with Crippen molar-refractivity contribution in [2.45, 2.75) is 44.4 Å². The predicted octanol–water partition coefficient (Wildman–Crippen LogP) is 3.69. The van der Waals surface area contributed by atoms with Gasteiger partial charge in [-0.2, -0.15) is 0 Å². The maximum absolute atomic E-state index is 13.3. The number of hydrogen-bond acceptors (Lipinski definition) is 4. The minimum absolute atomic E-state index is 0.313. The number of carbonyl (C=O) groups excluding carboxylic acids is 2. The summed E-state index contributed by atoms with van der Waals surface area (Å²) in [5.74, 6) is -0.754. The number of benzene rings is 2. The molecule has 1 fully saturated rings. The summed E-state index contributed by atoms with van der Waals surface area (Å²) < 4.78 is 0. The van der Waals surface area contributed by atoms with Gasteiger partial charge in [-0.3, -0.25) is 9.59 Å². The van der Waals surface area contributed by atoms with Gasteiger partial charge in [0.1, 0.15) is 0 Å². The molecule has 0 radical (unpaired) electrons. The zero-order valence-corrected chi connectivity index (χ0v) is 19.0. The normalized spacial score (nSPS) is 19.7. The van der Waals surface area contributed by atoms with Crippen molar-refractivity contribution in [3.63, 3.8) is 0 Å². The van der Waals surface area contributed by atoms with E-state index in [0.29, 0.717) is 30.9 Å². The number of benzodiazepines with no additional fused rings is 1. The first-order valence-corrected chi connectivity index (χ1v) is 11.6. The van der Waals surface area contributed by atoms with Crippen molar-refractivity contribution in [3.8, 4) is 0 Å². The first-order chi connectivity index (χ1) is 16.0. The molecule has 33 heavy (non-hydrogen) atoms. The van der Waals surface area contributed by atoms with Crippen LogP contribution >= 0.6 is 0 Å². The maximum atomic E-state index is 13.3. The molecule has 6 heteroatoms. The fraction of sp³-hybridized carbons (Fsp3) is 0.370. The van der Waals surface area contributed by atoms with E-state index in [1.165, 1.54) is 0 Å². The first kappa shape index (κ1) is 22.9. The number of allylic oxidation sites excluding steroid dienone is 1. The zero-order chi connectivity index (χ0) is 23.4. The van der Waals surface area contributed by atoms with Crippen LogP contribution in [0.3, 0.4) is 0 Å². The summed E-state index contributed by atoms with van der Waals surface area (Å²) in [7, 11) is 1.70. The van der Waals surface area contributed by atoms with E-state index < -0.39 is 18.2 Å². The fourth-order valence-electron chi connectivity index (χ4n) is 4.33. The number of carbonyl (C=O) groups is 2. The summed E-state index contributed by atoms with van der Waals surface area (Å²) in [5, 5.41) is 13.6. The highest BCUT2D eigenvalue weighted by atomic mass is 16.3. The van der Waals surface area contributed by atoms with E-state index in [9.17, 15) is 14.7 Å². The first-order valence-electron chi connectivity index (χ1n) is 11.6. The lowest BCUT2D eigenvalue weighted by molar-refractivity contribution is -0.133. The number of anilines is 1. The topological polar surface area (TPSA) is 82.0 Å². The Labute approximate surface area is 195 Å². The molecule has 172 valence electrons. The standard InChI is InChI=1S/C27H31N3O3/c1-3-4-14-23(31)21(17-18-15-16-18)26(32)29-25-27(33)30(2)22-13-9-8-12-20(22)24(28-25)19-10-6-5-7-11-19/h3,5-13,18,21,23,25,31H,1,4,14-17H2,2H3,(H,29,32)/t21-,23+,25-/m1/s1. The Bertz CT molecular complexity index is 1050. The molecule has 2 aromatic rings. The summed E-state index contributed by atoms with van der Waals surface area (Å²) in [4.78, 5) is 33.0. The van der Waals surface area contributed by atoms with Crippen molar-refractivity contribution in [2.75, 3.05) is 11.9 Å². The molecule has 0 unspecified atom stereocenters. The van der Waals surface area contributed by atoms with Crippen molar-refractivity contribution in [2.24, 2.45) is 16.8 Å². The molecule has 0 bridgehead atoms. The van der Waals surface area contributed by atoms with Crippen LogP contribution in [0.5, 0.6) is 0 Å². The van der Waals surface area contributed by atoms with E-state index in [2.05, 4.69) is 11.9 Å². The van der Waals surface area contributed by atoms with Gasteiger partial charge in [-0.25, -0.2) is 4.99 Å². The molecular formula is C27H31N3O3. The number of fused-ring (bicyclic) bond motifs is 1. The van der Waals surface area contributed by atoms with Crippen molar-refractivity contribution in [1.29, 1.82) is 0 Å². The summed E-state index contributed by atoms with van der Waals surface area (Å²) in [5.41, 5.74) is 3.09. The van der Waals surface area contributed by atoms with E-state index in [1.807, 2.05) is 54.6 Å². The average molecular weight is 446 g/mol. The van der Waals surface area contributed by atoms with Crippen molar-refractivity contribution < 1.29 is 14.7 Å². The number of para-hydroxylation sites is 1. The molecule has 1 aliphatic carbocycles. The monoisotopic (exact) mass is 445 g/mol. The molecule has 4 rings (SSSR count). The molecular weight excluding hydrogens is 414 g/mol. The van der Waals surface area contributed by atoms with Gasteiger partial charge < -0.3 is 15.3 Å². The quantitative estimate of drug-likeness (QED) is 0.578. The number of nitrogens with one attached hydrogen (secondary N) is 1. The van der Waals surface area contributed by atoms with Gasteiger partial charge in [-0.1, -0.05) is 67.4 Å². The van der Waals surface area contributed by atoms with E-state index >= 15 is 0 Å². The van der Waals surface area contributed by atoms with Gasteiger partial charge in [0.2, 0.25) is 12.1 Å². The summed E-state index contributed by atoms with van der Waals surface area (Å²) in [6, 6.07) is 17.3. The van der Waals surface area contributed by atoms with Gasteiger partial charge in [0, 0.05) is 18.2 Å². The molecule has 3 atom stereocenters. The fourth-order valence-corrected chi connectivity index (χ4v) is 4.33. The Balaban J connectivity index is 1.66. The average Bonchev–Trinajstić information content (AvgIpc) is 3.67. The summed E-state index contributed by atoms with van der Waals surface area (Å²) >= 11 is 0. The van der Waals surface area contributed by atoms with Crippen LogP contribution in [0.1, 0.15) is 43.2 Å². The number of rotatable bonds is 9. The number of nitrogens with zero attached hydrogens (tertiary/aromatic N) is 2. The van der Waals surface area contributed by atoms with Gasteiger partial charge in [0.25, 0.3) is 5.91 Å². The van der Waals surface area contributed by atoms with Crippen LogP contribution in [-0.2, 0) is 9.59 Å². The highest BCUT2D eigenvalue weighted by Gasteiger charge is 2.37. The number of likely N-dealkylation sites (N-methyl/N-ethyl adjacent to an activating group) is 1. The largest absolute Gasteiger partial charge is 0.392 e. The molecule has 0 saturated heterocycles. The number of aliphatic hydroxyl groups excluding tert-OH is 1. The van der Waals surface area contributed by atoms with E-state index in [1.54, 1.807) is 18.0 Å². The van der Waals surface area contributed by atoms with E-state index in [-0.39, 0.29) is 11.8 Å². The smallest absolute Gasteiger partial charge is 0.272 e. The zero-order valence-electron chi connectivity index (χ0n) is 19.0. The second-order valence-corrected chi connectivity index (χ2v) is 8.89. The second-order valence-electron chi connectivity index (χ2n) is 8.89. The third kappa shape index (κ3) is 5.22. The predicted molar refractivity (Wildman–Crippen MR) is 130 cm³/mol.